The number of hydrogen-bond donors (Lipinski definition) is 2. The van der Waals surface area contributed by atoms with E-state index in [-0.39, 0.29) is 4.90 Å². The molecule has 0 spiro atoms. The van der Waals surface area contributed by atoms with Gasteiger partial charge in [-0.05, 0) is 54.3 Å². The molecule has 152 valence electrons. The summed E-state index contributed by atoms with van der Waals surface area (Å²) in [5, 5.41) is 10.8. The van der Waals surface area contributed by atoms with Crippen LogP contribution in [0, 0.1) is 0 Å². The Morgan fingerprint density at radius 1 is 1.17 bits per heavy atom. The quantitative estimate of drug-likeness (QED) is 0.433. The zero-order chi connectivity index (χ0) is 20.9. The van der Waals surface area contributed by atoms with Gasteiger partial charge in [0, 0.05) is 11.1 Å². The molecule has 3 aromatic rings. The molecular formula is C21H24N4O3S. The molecule has 1 atom stereocenters. The van der Waals surface area contributed by atoms with Crippen molar-refractivity contribution in [3.8, 4) is 17.0 Å². The fourth-order valence-electron chi connectivity index (χ4n) is 2.81. The molecular weight excluding hydrogens is 388 g/mol. The maximum atomic E-state index is 12.5. The second kappa shape index (κ2) is 8.91. The maximum absolute atomic E-state index is 12.5. The van der Waals surface area contributed by atoms with Crippen LogP contribution in [-0.4, -0.2) is 31.9 Å². The third kappa shape index (κ3) is 4.83. The standard InChI is InChI=1S/C21H24N4O3S/c1-4-15(2)16-7-11-20(12-8-16)29(26,27)25-23-14-18-13-22-24-21(18)17-5-9-19(28-3)10-6-17/h5-15,25H,4H2,1-3H3,(H,22,24)/b23-14-/t15-/m0/s1. The van der Waals surface area contributed by atoms with Crippen LogP contribution in [0.25, 0.3) is 11.3 Å². The monoisotopic (exact) mass is 412 g/mol. The van der Waals surface area contributed by atoms with E-state index in [0.29, 0.717) is 11.5 Å². The Bertz CT molecular complexity index is 1070. The molecule has 1 aromatic heterocycles. The van der Waals surface area contributed by atoms with Crippen LogP contribution < -0.4 is 9.57 Å². The van der Waals surface area contributed by atoms with E-state index in [9.17, 15) is 8.42 Å². The lowest BCUT2D eigenvalue weighted by Gasteiger charge is -2.09. The van der Waals surface area contributed by atoms with E-state index in [0.717, 1.165) is 29.0 Å². The molecule has 29 heavy (non-hydrogen) atoms. The average Bonchev–Trinajstić information content (AvgIpc) is 3.21. The number of nitrogens with one attached hydrogen (secondary N) is 2. The van der Waals surface area contributed by atoms with Crippen LogP contribution in [0.3, 0.4) is 0 Å². The molecule has 2 aromatic carbocycles. The fourth-order valence-corrected chi connectivity index (χ4v) is 3.60. The van der Waals surface area contributed by atoms with Crippen LogP contribution in [0.15, 0.2) is 64.7 Å². The number of ether oxygens (including phenoxy) is 1. The van der Waals surface area contributed by atoms with E-state index in [1.165, 1.54) is 6.21 Å². The summed E-state index contributed by atoms with van der Waals surface area (Å²) in [6, 6.07) is 14.3. The number of aromatic nitrogens is 2. The number of H-pyrrole nitrogens is 1. The van der Waals surface area contributed by atoms with E-state index in [2.05, 4.69) is 34.0 Å². The molecule has 0 bridgehead atoms. The van der Waals surface area contributed by atoms with Crippen LogP contribution in [0.5, 0.6) is 5.75 Å². The van der Waals surface area contributed by atoms with Gasteiger partial charge in [0.25, 0.3) is 10.0 Å². The smallest absolute Gasteiger partial charge is 0.276 e. The molecule has 0 radical (unpaired) electrons. The lowest BCUT2D eigenvalue weighted by atomic mass is 9.99. The van der Waals surface area contributed by atoms with Gasteiger partial charge in [-0.15, -0.1) is 0 Å². The summed E-state index contributed by atoms with van der Waals surface area (Å²) in [6.07, 6.45) is 4.00. The topological polar surface area (TPSA) is 96.4 Å². The number of rotatable bonds is 8. The van der Waals surface area contributed by atoms with Gasteiger partial charge >= 0.3 is 0 Å². The van der Waals surface area contributed by atoms with Crippen molar-refractivity contribution in [2.24, 2.45) is 5.10 Å². The first-order valence-corrected chi connectivity index (χ1v) is 10.8. The van der Waals surface area contributed by atoms with Crippen molar-refractivity contribution in [3.63, 3.8) is 0 Å². The Hall–Kier alpha value is -3.13. The van der Waals surface area contributed by atoms with Crippen molar-refractivity contribution < 1.29 is 13.2 Å². The molecule has 7 nitrogen and oxygen atoms in total. The van der Waals surface area contributed by atoms with Crippen molar-refractivity contribution in [3.05, 3.63) is 65.9 Å². The predicted molar refractivity (Wildman–Crippen MR) is 114 cm³/mol. The van der Waals surface area contributed by atoms with Gasteiger partial charge in [0.1, 0.15) is 5.75 Å². The summed E-state index contributed by atoms with van der Waals surface area (Å²) in [7, 11) is -2.14. The molecule has 0 unspecified atom stereocenters. The highest BCUT2D eigenvalue weighted by Crippen LogP contribution is 2.23. The van der Waals surface area contributed by atoms with E-state index in [4.69, 9.17) is 4.74 Å². The van der Waals surface area contributed by atoms with Gasteiger partial charge in [0.15, 0.2) is 0 Å². The SMILES string of the molecule is CC[C@H](C)c1ccc(S(=O)(=O)N/N=C\c2cn[nH]c2-c2ccc(OC)cc2)cc1. The third-order valence-electron chi connectivity index (χ3n) is 4.80. The van der Waals surface area contributed by atoms with Crippen molar-refractivity contribution in [1.29, 1.82) is 0 Å². The Morgan fingerprint density at radius 2 is 1.86 bits per heavy atom. The number of aromatic amines is 1. The van der Waals surface area contributed by atoms with Crippen molar-refractivity contribution in [1.82, 2.24) is 15.0 Å². The summed E-state index contributed by atoms with van der Waals surface area (Å²) in [5.41, 5.74) is 3.38. The molecule has 0 aliphatic rings. The van der Waals surface area contributed by atoms with Gasteiger partial charge in [0.05, 0.1) is 30.1 Å². The summed E-state index contributed by atoms with van der Waals surface area (Å²) in [5.74, 6) is 1.13. The minimum Gasteiger partial charge on any atom is -0.497 e. The van der Waals surface area contributed by atoms with E-state index in [1.807, 2.05) is 36.4 Å². The van der Waals surface area contributed by atoms with Crippen LogP contribution in [-0.2, 0) is 10.0 Å². The number of benzene rings is 2. The number of methoxy groups -OCH3 is 1. The first-order valence-electron chi connectivity index (χ1n) is 9.27. The van der Waals surface area contributed by atoms with E-state index < -0.39 is 10.0 Å². The lowest BCUT2D eigenvalue weighted by Crippen LogP contribution is -2.18. The van der Waals surface area contributed by atoms with Gasteiger partial charge in [-0.1, -0.05) is 26.0 Å². The van der Waals surface area contributed by atoms with Crippen LogP contribution in [0.4, 0.5) is 0 Å². The highest BCUT2D eigenvalue weighted by molar-refractivity contribution is 7.89. The van der Waals surface area contributed by atoms with Gasteiger partial charge in [-0.2, -0.15) is 18.6 Å². The molecule has 0 amide bonds. The fraction of sp³-hybridized carbons (Fsp3) is 0.238. The van der Waals surface area contributed by atoms with Gasteiger partial charge in [-0.3, -0.25) is 5.10 Å². The van der Waals surface area contributed by atoms with Crippen molar-refractivity contribution in [2.45, 2.75) is 31.1 Å². The average molecular weight is 413 g/mol. The molecule has 0 fully saturated rings. The number of nitrogens with zero attached hydrogens (tertiary/aromatic N) is 2. The lowest BCUT2D eigenvalue weighted by molar-refractivity contribution is 0.415. The highest BCUT2D eigenvalue weighted by Gasteiger charge is 2.14. The Kier molecular flexibility index (Phi) is 6.33. The second-order valence-electron chi connectivity index (χ2n) is 6.66. The second-order valence-corrected chi connectivity index (χ2v) is 8.32. The zero-order valence-electron chi connectivity index (χ0n) is 16.6. The normalized spacial score (nSPS) is 12.8. The molecule has 0 saturated carbocycles. The van der Waals surface area contributed by atoms with Gasteiger partial charge < -0.3 is 4.74 Å². The van der Waals surface area contributed by atoms with Crippen LogP contribution in [0.1, 0.15) is 37.3 Å². The summed E-state index contributed by atoms with van der Waals surface area (Å²) >= 11 is 0. The molecule has 0 saturated heterocycles. The minimum absolute atomic E-state index is 0.171. The molecule has 0 aliphatic heterocycles. The van der Waals surface area contributed by atoms with Gasteiger partial charge in [0.2, 0.25) is 0 Å². The van der Waals surface area contributed by atoms with Crippen LogP contribution >= 0.6 is 0 Å². The summed E-state index contributed by atoms with van der Waals surface area (Å²) < 4.78 is 30.1. The van der Waals surface area contributed by atoms with Crippen LogP contribution in [0.2, 0.25) is 0 Å². The third-order valence-corrected chi connectivity index (χ3v) is 6.03. The Labute approximate surface area is 170 Å². The molecule has 3 rings (SSSR count). The van der Waals surface area contributed by atoms with Gasteiger partial charge in [-0.25, -0.2) is 4.83 Å². The number of hydrazone groups is 1. The molecule has 8 heteroatoms. The minimum atomic E-state index is -3.74. The summed E-state index contributed by atoms with van der Waals surface area (Å²) in [4.78, 5) is 2.42. The number of hydrogen-bond acceptors (Lipinski definition) is 5. The zero-order valence-corrected chi connectivity index (χ0v) is 17.4. The molecule has 0 aliphatic carbocycles. The van der Waals surface area contributed by atoms with E-state index >= 15 is 0 Å². The Balaban J connectivity index is 1.73. The predicted octanol–water partition coefficient (Wildman–Crippen LogP) is 3.91. The molecule has 1 heterocycles. The maximum Gasteiger partial charge on any atom is 0.276 e. The summed E-state index contributed by atoms with van der Waals surface area (Å²) in [6.45, 7) is 4.21. The Morgan fingerprint density at radius 3 is 2.48 bits per heavy atom. The van der Waals surface area contributed by atoms with Crippen molar-refractivity contribution in [2.75, 3.05) is 7.11 Å². The highest BCUT2D eigenvalue weighted by atomic mass is 32.2. The first-order chi connectivity index (χ1) is 13.9. The molecule has 2 N–H and O–H groups in total. The first kappa shape index (κ1) is 20.6. The van der Waals surface area contributed by atoms with E-state index in [1.54, 1.807) is 25.4 Å². The largest absolute Gasteiger partial charge is 0.497 e. The van der Waals surface area contributed by atoms with Crippen molar-refractivity contribution >= 4 is 16.2 Å². The number of sulfonamides is 1.